The maximum Gasteiger partial charge on any atom is 0.332 e. The molecular formula is C6H2BrF3O2S. The van der Waals surface area contributed by atoms with Crippen molar-refractivity contribution in [1.29, 1.82) is 0 Å². The molecule has 1 rings (SSSR count). The molecule has 0 saturated heterocycles. The van der Waals surface area contributed by atoms with Gasteiger partial charge in [0.15, 0.2) is 0 Å². The molecule has 0 amide bonds. The van der Waals surface area contributed by atoms with Gasteiger partial charge in [0.1, 0.15) is 16.5 Å². The third kappa shape index (κ3) is 2.22. The van der Waals surface area contributed by atoms with Gasteiger partial charge in [-0.2, -0.15) is 8.42 Å². The topological polar surface area (TPSA) is 34.1 Å². The fourth-order valence-electron chi connectivity index (χ4n) is 0.673. The Morgan fingerprint density at radius 1 is 1.15 bits per heavy atom. The summed E-state index contributed by atoms with van der Waals surface area (Å²) in [5, 5.41) is 0. The van der Waals surface area contributed by atoms with E-state index in [1.54, 1.807) is 0 Å². The van der Waals surface area contributed by atoms with Crippen LogP contribution in [0.15, 0.2) is 21.5 Å². The van der Waals surface area contributed by atoms with E-state index in [4.69, 9.17) is 0 Å². The maximum atomic E-state index is 12.7. The molecule has 7 heteroatoms. The molecule has 72 valence electrons. The first-order valence-corrected chi connectivity index (χ1v) is 5.09. The third-order valence-corrected chi connectivity index (χ3v) is 2.80. The highest BCUT2D eigenvalue weighted by atomic mass is 79.9. The largest absolute Gasteiger partial charge is 0.332 e. The zero-order valence-electron chi connectivity index (χ0n) is 5.89. The predicted octanol–water partition coefficient (Wildman–Crippen LogP) is 2.39. The molecule has 0 aromatic heterocycles. The Hall–Kier alpha value is -0.560. The van der Waals surface area contributed by atoms with Crippen LogP contribution in [0, 0.1) is 11.6 Å². The van der Waals surface area contributed by atoms with Gasteiger partial charge in [-0.1, -0.05) is 0 Å². The van der Waals surface area contributed by atoms with Crippen molar-refractivity contribution in [2.75, 3.05) is 0 Å². The third-order valence-electron chi connectivity index (χ3n) is 1.24. The van der Waals surface area contributed by atoms with Crippen LogP contribution in [-0.4, -0.2) is 8.42 Å². The van der Waals surface area contributed by atoms with Crippen molar-refractivity contribution in [1.82, 2.24) is 0 Å². The second-order valence-electron chi connectivity index (χ2n) is 2.14. The lowest BCUT2D eigenvalue weighted by Crippen LogP contribution is -1.95. The van der Waals surface area contributed by atoms with E-state index in [1.165, 1.54) is 0 Å². The Kier molecular flexibility index (Phi) is 2.67. The number of halogens is 4. The monoisotopic (exact) mass is 274 g/mol. The molecule has 0 unspecified atom stereocenters. The molecule has 0 aliphatic carbocycles. The fourth-order valence-corrected chi connectivity index (χ4v) is 1.39. The molecule has 0 N–H and O–H groups in total. The molecule has 13 heavy (non-hydrogen) atoms. The van der Waals surface area contributed by atoms with Crippen LogP contribution in [0.2, 0.25) is 0 Å². The highest BCUT2D eigenvalue weighted by molar-refractivity contribution is 9.10. The molecule has 0 aliphatic rings. The summed E-state index contributed by atoms with van der Waals surface area (Å²) in [6.45, 7) is 0. The van der Waals surface area contributed by atoms with Crippen LogP contribution in [0.5, 0.6) is 0 Å². The van der Waals surface area contributed by atoms with Crippen LogP contribution >= 0.6 is 15.9 Å². The van der Waals surface area contributed by atoms with Crippen LogP contribution in [0.3, 0.4) is 0 Å². The van der Waals surface area contributed by atoms with E-state index < -0.39 is 31.2 Å². The van der Waals surface area contributed by atoms with Crippen molar-refractivity contribution in [3.8, 4) is 0 Å². The average Bonchev–Trinajstić information content (AvgIpc) is 1.97. The first-order valence-electron chi connectivity index (χ1n) is 2.91. The number of hydrogen-bond acceptors (Lipinski definition) is 2. The van der Waals surface area contributed by atoms with Gasteiger partial charge in [-0.15, -0.1) is 3.89 Å². The summed E-state index contributed by atoms with van der Waals surface area (Å²) in [6.07, 6.45) is 0. The van der Waals surface area contributed by atoms with Gasteiger partial charge in [0.05, 0.1) is 4.47 Å². The number of hydrogen-bond donors (Lipinski definition) is 0. The Labute approximate surface area is 80.7 Å². The minimum atomic E-state index is -5.07. The second-order valence-corrected chi connectivity index (χ2v) is 4.28. The zero-order valence-corrected chi connectivity index (χ0v) is 8.29. The average molecular weight is 275 g/mol. The van der Waals surface area contributed by atoms with Crippen molar-refractivity contribution in [3.05, 3.63) is 28.2 Å². The van der Waals surface area contributed by atoms with E-state index in [9.17, 15) is 21.1 Å². The molecular weight excluding hydrogens is 273 g/mol. The Bertz CT molecular complexity index is 420. The predicted molar refractivity (Wildman–Crippen MR) is 42.4 cm³/mol. The van der Waals surface area contributed by atoms with Crippen LogP contribution in [0.4, 0.5) is 12.7 Å². The molecule has 0 saturated carbocycles. The lowest BCUT2D eigenvalue weighted by atomic mass is 10.3. The quantitative estimate of drug-likeness (QED) is 0.582. The van der Waals surface area contributed by atoms with Crippen LogP contribution in [0.1, 0.15) is 0 Å². The molecule has 0 aliphatic heterocycles. The van der Waals surface area contributed by atoms with E-state index in [-0.39, 0.29) is 0 Å². The first-order chi connectivity index (χ1) is 5.82. The zero-order chi connectivity index (χ0) is 10.2. The van der Waals surface area contributed by atoms with E-state index in [1.807, 2.05) is 0 Å². The molecule has 0 spiro atoms. The molecule has 1 aromatic rings. The Balaban J connectivity index is 3.47. The maximum absolute atomic E-state index is 12.7. The minimum absolute atomic E-state index is 0.391. The summed E-state index contributed by atoms with van der Waals surface area (Å²) in [5.41, 5.74) is 0. The van der Waals surface area contributed by atoms with Crippen molar-refractivity contribution in [3.63, 3.8) is 0 Å². The van der Waals surface area contributed by atoms with E-state index in [0.717, 1.165) is 0 Å². The van der Waals surface area contributed by atoms with Gasteiger partial charge in [-0.3, -0.25) is 0 Å². The van der Waals surface area contributed by atoms with Crippen LogP contribution in [-0.2, 0) is 10.2 Å². The van der Waals surface area contributed by atoms with Crippen LogP contribution in [0.25, 0.3) is 0 Å². The normalized spacial score (nSPS) is 11.7. The molecule has 2 nitrogen and oxygen atoms in total. The summed E-state index contributed by atoms with van der Waals surface area (Å²) < 4.78 is 57.5. The lowest BCUT2D eigenvalue weighted by molar-refractivity contribution is 0.538. The minimum Gasteiger partial charge on any atom is -0.206 e. The van der Waals surface area contributed by atoms with Crippen LogP contribution < -0.4 is 0 Å². The van der Waals surface area contributed by atoms with E-state index >= 15 is 0 Å². The van der Waals surface area contributed by atoms with Crippen molar-refractivity contribution in [2.24, 2.45) is 0 Å². The van der Waals surface area contributed by atoms with Gasteiger partial charge in [0, 0.05) is 0 Å². The lowest BCUT2D eigenvalue weighted by Gasteiger charge is -1.98. The summed E-state index contributed by atoms with van der Waals surface area (Å²) in [7, 11) is -5.07. The Morgan fingerprint density at radius 3 is 1.85 bits per heavy atom. The van der Waals surface area contributed by atoms with Crippen molar-refractivity contribution in [2.45, 2.75) is 4.90 Å². The summed E-state index contributed by atoms with van der Waals surface area (Å²) in [4.78, 5) is -1.04. The van der Waals surface area contributed by atoms with Gasteiger partial charge >= 0.3 is 10.2 Å². The summed E-state index contributed by atoms with van der Waals surface area (Å²) >= 11 is 2.51. The smallest absolute Gasteiger partial charge is 0.206 e. The summed E-state index contributed by atoms with van der Waals surface area (Å²) in [6, 6.07) is 0.783. The molecule has 0 radical (unpaired) electrons. The highest BCUT2D eigenvalue weighted by Gasteiger charge is 2.17. The van der Waals surface area contributed by atoms with Crippen molar-refractivity contribution < 1.29 is 21.1 Å². The van der Waals surface area contributed by atoms with E-state index in [2.05, 4.69) is 15.9 Å². The molecule has 0 fully saturated rings. The number of benzene rings is 1. The standard InChI is InChI=1S/C6H2BrF3O2S/c7-6-4(8)1-3(2-5(6)9)13(10,11)12/h1-2H. The van der Waals surface area contributed by atoms with Gasteiger partial charge in [0.25, 0.3) is 0 Å². The molecule has 0 heterocycles. The molecule has 0 atom stereocenters. The van der Waals surface area contributed by atoms with Gasteiger partial charge in [-0.05, 0) is 28.1 Å². The fraction of sp³-hybridized carbons (Fsp3) is 0. The SMILES string of the molecule is O=S(=O)(F)c1cc(F)c(Br)c(F)c1. The molecule has 0 bridgehead atoms. The van der Waals surface area contributed by atoms with Crippen molar-refractivity contribution >= 4 is 26.2 Å². The number of rotatable bonds is 1. The highest BCUT2D eigenvalue weighted by Crippen LogP contribution is 2.24. The van der Waals surface area contributed by atoms with Gasteiger partial charge in [0.2, 0.25) is 0 Å². The molecule has 1 aromatic carbocycles. The Morgan fingerprint density at radius 2 is 1.54 bits per heavy atom. The van der Waals surface area contributed by atoms with E-state index in [0.29, 0.717) is 12.1 Å². The first kappa shape index (κ1) is 10.5. The second kappa shape index (κ2) is 3.30. The van der Waals surface area contributed by atoms with Gasteiger partial charge in [-0.25, -0.2) is 8.78 Å². The summed E-state index contributed by atoms with van der Waals surface area (Å²) in [5.74, 6) is -2.34. The van der Waals surface area contributed by atoms with Gasteiger partial charge < -0.3 is 0 Å².